The van der Waals surface area contributed by atoms with E-state index in [1.165, 1.54) is 0 Å². The van der Waals surface area contributed by atoms with Crippen LogP contribution in [0.25, 0.3) is 0 Å². The van der Waals surface area contributed by atoms with E-state index in [1.807, 2.05) is 0 Å². The molecule has 24 heavy (non-hydrogen) atoms. The van der Waals surface area contributed by atoms with E-state index in [-0.39, 0.29) is 10.1 Å². The van der Waals surface area contributed by atoms with Crippen LogP contribution in [0.4, 0.5) is 5.69 Å². The highest BCUT2D eigenvalue weighted by molar-refractivity contribution is 7.94. The molecule has 2 heterocycles. The highest BCUT2D eigenvalue weighted by Gasteiger charge is 2.19. The predicted octanol–water partition coefficient (Wildman–Crippen LogP) is 1.98. The zero-order valence-electron chi connectivity index (χ0n) is 13.1. The van der Waals surface area contributed by atoms with Gasteiger partial charge in [-0.3, -0.25) is 9.52 Å². The van der Waals surface area contributed by atoms with Crippen LogP contribution in [-0.2, 0) is 10.0 Å². The van der Waals surface area contributed by atoms with Crippen LogP contribution in [0.3, 0.4) is 0 Å². The fourth-order valence-corrected chi connectivity index (χ4v) is 4.61. The van der Waals surface area contributed by atoms with Gasteiger partial charge >= 0.3 is 0 Å². The number of carbonyl (C=O) groups excluding carboxylic acids is 1. The Balaban J connectivity index is 1.78. The second kappa shape index (κ2) is 7.33. The SMILES string of the molecule is O=C(c1cccc(NS(=O)(=O)c2cccs2)c1)N1CCCNCC1. The van der Waals surface area contributed by atoms with Crippen molar-refractivity contribution in [1.82, 2.24) is 10.2 Å². The summed E-state index contributed by atoms with van der Waals surface area (Å²) in [6, 6.07) is 9.87. The van der Waals surface area contributed by atoms with Crippen LogP contribution in [0.15, 0.2) is 46.0 Å². The Morgan fingerprint density at radius 2 is 2.04 bits per heavy atom. The van der Waals surface area contributed by atoms with Gasteiger partial charge in [-0.05, 0) is 42.6 Å². The van der Waals surface area contributed by atoms with E-state index in [9.17, 15) is 13.2 Å². The van der Waals surface area contributed by atoms with Crippen LogP contribution in [0.2, 0.25) is 0 Å². The molecular weight excluding hydrogens is 346 g/mol. The third-order valence-electron chi connectivity index (χ3n) is 3.75. The summed E-state index contributed by atoms with van der Waals surface area (Å²) in [5.41, 5.74) is 0.880. The first-order valence-corrected chi connectivity index (χ1v) is 10.1. The molecule has 1 amide bonds. The number of benzene rings is 1. The first kappa shape index (κ1) is 16.9. The number of anilines is 1. The Bertz CT molecular complexity index is 796. The van der Waals surface area contributed by atoms with Crippen LogP contribution in [-0.4, -0.2) is 45.4 Å². The second-order valence-corrected chi connectivity index (χ2v) is 8.37. The lowest BCUT2D eigenvalue weighted by molar-refractivity contribution is 0.0766. The van der Waals surface area contributed by atoms with Crippen molar-refractivity contribution >= 4 is 33.0 Å². The van der Waals surface area contributed by atoms with Gasteiger partial charge in [0.25, 0.3) is 15.9 Å². The standard InChI is InChI=1S/C16H19N3O3S2/c20-16(19-9-3-7-17-8-10-19)13-4-1-5-14(12-13)18-24(21,22)15-6-2-11-23-15/h1-2,4-6,11-12,17-18H,3,7-10H2. The number of sulfonamides is 1. The van der Waals surface area contributed by atoms with Gasteiger partial charge in [0.15, 0.2) is 0 Å². The van der Waals surface area contributed by atoms with Gasteiger partial charge in [0.05, 0.1) is 0 Å². The van der Waals surface area contributed by atoms with Gasteiger partial charge < -0.3 is 10.2 Å². The molecule has 1 aliphatic rings. The van der Waals surface area contributed by atoms with Crippen molar-refractivity contribution < 1.29 is 13.2 Å². The minimum Gasteiger partial charge on any atom is -0.337 e. The van der Waals surface area contributed by atoms with E-state index in [1.54, 1.807) is 46.7 Å². The predicted molar refractivity (Wildman–Crippen MR) is 95.0 cm³/mol. The molecule has 1 saturated heterocycles. The maximum atomic E-state index is 12.6. The lowest BCUT2D eigenvalue weighted by atomic mass is 10.1. The van der Waals surface area contributed by atoms with Crippen LogP contribution in [0.1, 0.15) is 16.8 Å². The number of hydrogen-bond acceptors (Lipinski definition) is 5. The summed E-state index contributed by atoms with van der Waals surface area (Å²) in [5.74, 6) is -0.0733. The number of nitrogens with one attached hydrogen (secondary N) is 2. The fraction of sp³-hybridized carbons (Fsp3) is 0.312. The van der Waals surface area contributed by atoms with Gasteiger partial charge in [0, 0.05) is 30.9 Å². The molecule has 1 aromatic carbocycles. The molecule has 1 aliphatic heterocycles. The molecule has 3 rings (SSSR count). The van der Waals surface area contributed by atoms with Crippen LogP contribution in [0, 0.1) is 0 Å². The van der Waals surface area contributed by atoms with Crippen molar-refractivity contribution in [2.45, 2.75) is 10.6 Å². The summed E-state index contributed by atoms with van der Waals surface area (Å²) < 4.78 is 27.4. The normalized spacial score (nSPS) is 15.8. The van der Waals surface area contributed by atoms with Crippen LogP contribution >= 0.6 is 11.3 Å². The number of hydrogen-bond donors (Lipinski definition) is 2. The fourth-order valence-electron chi connectivity index (χ4n) is 2.57. The van der Waals surface area contributed by atoms with Crippen molar-refractivity contribution in [3.63, 3.8) is 0 Å². The summed E-state index contributed by atoms with van der Waals surface area (Å²) in [4.78, 5) is 14.4. The van der Waals surface area contributed by atoms with Crippen molar-refractivity contribution in [3.8, 4) is 0 Å². The summed E-state index contributed by atoms with van der Waals surface area (Å²) in [5, 5.41) is 4.97. The average Bonchev–Trinajstić information content (AvgIpc) is 2.98. The summed E-state index contributed by atoms with van der Waals surface area (Å²) in [6.07, 6.45) is 0.913. The van der Waals surface area contributed by atoms with Gasteiger partial charge in [-0.25, -0.2) is 8.42 Å². The molecule has 0 saturated carbocycles. The Kier molecular flexibility index (Phi) is 5.17. The monoisotopic (exact) mass is 365 g/mol. The zero-order valence-corrected chi connectivity index (χ0v) is 14.7. The molecule has 0 spiro atoms. The van der Waals surface area contributed by atoms with E-state index in [0.29, 0.717) is 24.3 Å². The van der Waals surface area contributed by atoms with E-state index in [0.717, 1.165) is 30.8 Å². The number of carbonyl (C=O) groups is 1. The Morgan fingerprint density at radius 3 is 2.83 bits per heavy atom. The Hall–Kier alpha value is -1.90. The average molecular weight is 365 g/mol. The maximum Gasteiger partial charge on any atom is 0.271 e. The topological polar surface area (TPSA) is 78.5 Å². The van der Waals surface area contributed by atoms with Gasteiger partial charge in [0.2, 0.25) is 0 Å². The zero-order chi connectivity index (χ0) is 17.0. The van der Waals surface area contributed by atoms with Gasteiger partial charge in [-0.1, -0.05) is 12.1 Å². The van der Waals surface area contributed by atoms with Crippen molar-refractivity contribution in [3.05, 3.63) is 47.3 Å². The number of thiophene rings is 1. The number of amides is 1. The quantitative estimate of drug-likeness (QED) is 0.868. The molecule has 0 atom stereocenters. The molecule has 0 aliphatic carbocycles. The van der Waals surface area contributed by atoms with Crippen LogP contribution in [0.5, 0.6) is 0 Å². The molecule has 1 fully saturated rings. The van der Waals surface area contributed by atoms with Crippen molar-refractivity contribution in [1.29, 1.82) is 0 Å². The second-order valence-electron chi connectivity index (χ2n) is 5.51. The Labute approximate surface area is 145 Å². The highest BCUT2D eigenvalue weighted by Crippen LogP contribution is 2.21. The van der Waals surface area contributed by atoms with Crippen molar-refractivity contribution in [2.24, 2.45) is 0 Å². The van der Waals surface area contributed by atoms with E-state index >= 15 is 0 Å². The molecular formula is C16H19N3O3S2. The molecule has 128 valence electrons. The highest BCUT2D eigenvalue weighted by atomic mass is 32.2. The minimum absolute atomic E-state index is 0.0733. The molecule has 0 unspecified atom stereocenters. The van der Waals surface area contributed by atoms with Gasteiger partial charge in [-0.15, -0.1) is 11.3 Å². The molecule has 0 bridgehead atoms. The molecule has 8 heteroatoms. The smallest absolute Gasteiger partial charge is 0.271 e. The number of nitrogens with zero attached hydrogens (tertiary/aromatic N) is 1. The third kappa shape index (κ3) is 3.95. The van der Waals surface area contributed by atoms with E-state index in [4.69, 9.17) is 0 Å². The third-order valence-corrected chi connectivity index (χ3v) is 6.53. The summed E-state index contributed by atoms with van der Waals surface area (Å²) in [7, 11) is -3.61. The summed E-state index contributed by atoms with van der Waals surface area (Å²) in [6.45, 7) is 3.04. The van der Waals surface area contributed by atoms with Gasteiger partial charge in [0.1, 0.15) is 4.21 Å². The maximum absolute atomic E-state index is 12.6. The van der Waals surface area contributed by atoms with E-state index in [2.05, 4.69) is 10.0 Å². The largest absolute Gasteiger partial charge is 0.337 e. The molecule has 1 aromatic heterocycles. The van der Waals surface area contributed by atoms with Crippen LogP contribution < -0.4 is 10.0 Å². The molecule has 2 N–H and O–H groups in total. The first-order chi connectivity index (χ1) is 11.6. The number of rotatable bonds is 4. The van der Waals surface area contributed by atoms with Crippen molar-refractivity contribution in [2.75, 3.05) is 30.9 Å². The lowest BCUT2D eigenvalue weighted by Crippen LogP contribution is -2.34. The van der Waals surface area contributed by atoms with E-state index < -0.39 is 10.0 Å². The minimum atomic E-state index is -3.61. The molecule has 6 nitrogen and oxygen atoms in total. The molecule has 2 aromatic rings. The Morgan fingerprint density at radius 1 is 1.17 bits per heavy atom. The van der Waals surface area contributed by atoms with Gasteiger partial charge in [-0.2, -0.15) is 0 Å². The lowest BCUT2D eigenvalue weighted by Gasteiger charge is -2.20. The first-order valence-electron chi connectivity index (χ1n) is 7.73. The summed E-state index contributed by atoms with van der Waals surface area (Å²) >= 11 is 1.15. The molecule has 0 radical (unpaired) electrons.